The largest absolute Gasteiger partial charge is 0.336 e. The summed E-state index contributed by atoms with van der Waals surface area (Å²) in [5.74, 6) is -0.240. The molecule has 0 radical (unpaired) electrons. The fraction of sp³-hybridized carbons (Fsp3) is 0. The third-order valence-electron chi connectivity index (χ3n) is 2.19. The van der Waals surface area contributed by atoms with E-state index in [1.807, 2.05) is 6.07 Å². The summed E-state index contributed by atoms with van der Waals surface area (Å²) in [5.41, 5.74) is 0.257. The maximum atomic E-state index is 13.6. The molecule has 90 valence electrons. The molecular weight excluding hydrogens is 321 g/mol. The Balaban J connectivity index is 2.43. The average Bonchev–Trinajstić information content (AvgIpc) is 2.34. The van der Waals surface area contributed by atoms with Crippen LogP contribution in [-0.2, 0) is 0 Å². The Labute approximate surface area is 116 Å². The third kappa shape index (κ3) is 2.61. The summed E-state index contributed by atoms with van der Waals surface area (Å²) in [6.07, 6.45) is 1.53. The van der Waals surface area contributed by atoms with Gasteiger partial charge in [-0.1, -0.05) is 17.7 Å². The van der Waals surface area contributed by atoms with Crippen LogP contribution in [0.5, 0.6) is 0 Å². The second-order valence-corrected chi connectivity index (χ2v) is 4.71. The van der Waals surface area contributed by atoms with Crippen molar-refractivity contribution < 1.29 is 4.39 Å². The van der Waals surface area contributed by atoms with Crippen LogP contribution in [-0.4, -0.2) is 4.98 Å². The van der Waals surface area contributed by atoms with Crippen molar-refractivity contribution in [3.63, 3.8) is 0 Å². The number of hydrogen-bond donors (Lipinski definition) is 1. The molecule has 0 atom stereocenters. The standard InChI is InChI=1S/C12H6BrClFN3/c13-8-4-9(14)12(17-6-8)18-11-7(5-16)2-1-3-10(11)15/h1-4,6H,(H,17,18). The third-order valence-corrected chi connectivity index (χ3v) is 2.91. The minimum atomic E-state index is -0.533. The van der Waals surface area contributed by atoms with Gasteiger partial charge in [0.25, 0.3) is 0 Å². The van der Waals surface area contributed by atoms with Crippen molar-refractivity contribution in [2.45, 2.75) is 0 Å². The molecule has 1 N–H and O–H groups in total. The van der Waals surface area contributed by atoms with Crippen LogP contribution in [0.4, 0.5) is 15.9 Å². The van der Waals surface area contributed by atoms with Gasteiger partial charge in [-0.2, -0.15) is 5.26 Å². The highest BCUT2D eigenvalue weighted by Gasteiger charge is 2.11. The fourth-order valence-electron chi connectivity index (χ4n) is 1.37. The quantitative estimate of drug-likeness (QED) is 0.897. The van der Waals surface area contributed by atoms with Gasteiger partial charge in [0.2, 0.25) is 0 Å². The molecule has 6 heteroatoms. The van der Waals surface area contributed by atoms with Gasteiger partial charge in [0.15, 0.2) is 0 Å². The number of nitriles is 1. The molecule has 0 saturated heterocycles. The Morgan fingerprint density at radius 2 is 2.22 bits per heavy atom. The summed E-state index contributed by atoms with van der Waals surface area (Å²) in [5, 5.41) is 12.0. The van der Waals surface area contributed by atoms with Gasteiger partial charge in [0.05, 0.1) is 16.3 Å². The lowest BCUT2D eigenvalue weighted by molar-refractivity contribution is 0.631. The summed E-state index contributed by atoms with van der Waals surface area (Å²) >= 11 is 9.19. The summed E-state index contributed by atoms with van der Waals surface area (Å²) in [6, 6.07) is 7.77. The molecule has 3 nitrogen and oxygen atoms in total. The van der Waals surface area contributed by atoms with Crippen molar-refractivity contribution in [1.82, 2.24) is 4.98 Å². The lowest BCUT2D eigenvalue weighted by Crippen LogP contribution is -1.99. The Bertz CT molecular complexity index is 640. The van der Waals surface area contributed by atoms with Crippen molar-refractivity contribution >= 4 is 39.0 Å². The molecule has 2 aromatic rings. The van der Waals surface area contributed by atoms with Crippen molar-refractivity contribution in [3.05, 3.63) is 51.3 Å². The van der Waals surface area contributed by atoms with Gasteiger partial charge in [0.1, 0.15) is 17.7 Å². The zero-order chi connectivity index (χ0) is 13.1. The molecular formula is C12H6BrClFN3. The molecule has 0 amide bonds. The van der Waals surface area contributed by atoms with E-state index >= 15 is 0 Å². The van der Waals surface area contributed by atoms with Gasteiger partial charge in [-0.3, -0.25) is 0 Å². The first-order valence-corrected chi connectivity index (χ1v) is 6.05. The lowest BCUT2D eigenvalue weighted by atomic mass is 10.2. The van der Waals surface area contributed by atoms with Crippen LogP contribution in [0.1, 0.15) is 5.56 Å². The minimum absolute atomic E-state index is 0.0664. The van der Waals surface area contributed by atoms with Crippen molar-refractivity contribution in [1.29, 1.82) is 5.26 Å². The molecule has 18 heavy (non-hydrogen) atoms. The van der Waals surface area contributed by atoms with Crippen molar-refractivity contribution in [2.75, 3.05) is 5.32 Å². The zero-order valence-electron chi connectivity index (χ0n) is 8.92. The number of aromatic nitrogens is 1. The maximum Gasteiger partial charge on any atom is 0.149 e. The predicted octanol–water partition coefficient (Wildman–Crippen LogP) is 4.25. The number of anilines is 2. The van der Waals surface area contributed by atoms with Crippen LogP contribution >= 0.6 is 27.5 Å². The smallest absolute Gasteiger partial charge is 0.149 e. The highest BCUT2D eigenvalue weighted by Crippen LogP contribution is 2.28. The zero-order valence-corrected chi connectivity index (χ0v) is 11.3. The van der Waals surface area contributed by atoms with Gasteiger partial charge < -0.3 is 5.32 Å². The number of halogens is 3. The van der Waals surface area contributed by atoms with Gasteiger partial charge >= 0.3 is 0 Å². The molecule has 0 aliphatic heterocycles. The topological polar surface area (TPSA) is 48.7 Å². The van der Waals surface area contributed by atoms with Crippen LogP contribution < -0.4 is 5.32 Å². The number of rotatable bonds is 2. The van der Waals surface area contributed by atoms with Gasteiger partial charge in [-0.05, 0) is 34.1 Å². The molecule has 0 fully saturated rings. The Hall–Kier alpha value is -1.64. The molecule has 1 aromatic heterocycles. The van der Waals surface area contributed by atoms with E-state index in [0.717, 1.165) is 0 Å². The summed E-state index contributed by atoms with van der Waals surface area (Å²) in [7, 11) is 0. The second kappa shape index (κ2) is 5.34. The van der Waals surface area contributed by atoms with Crippen LogP contribution in [0.2, 0.25) is 5.02 Å². The SMILES string of the molecule is N#Cc1cccc(F)c1Nc1ncc(Br)cc1Cl. The van der Waals surface area contributed by atoms with Gasteiger partial charge in [-0.25, -0.2) is 9.37 Å². The number of benzene rings is 1. The molecule has 0 saturated carbocycles. The summed E-state index contributed by atoms with van der Waals surface area (Å²) in [6.45, 7) is 0. The van der Waals surface area contributed by atoms with E-state index in [1.165, 1.54) is 24.4 Å². The number of nitrogens with zero attached hydrogens (tertiary/aromatic N) is 2. The van der Waals surface area contributed by atoms with Gasteiger partial charge in [-0.15, -0.1) is 0 Å². The molecule has 0 spiro atoms. The fourth-order valence-corrected chi connectivity index (χ4v) is 2.05. The van der Waals surface area contributed by atoms with Crippen LogP contribution in [0.3, 0.4) is 0 Å². The predicted molar refractivity (Wildman–Crippen MR) is 71.3 cm³/mol. The Kier molecular flexibility index (Phi) is 3.80. The Morgan fingerprint density at radius 1 is 1.44 bits per heavy atom. The van der Waals surface area contributed by atoms with Crippen molar-refractivity contribution in [3.8, 4) is 6.07 Å². The van der Waals surface area contributed by atoms with Crippen molar-refractivity contribution in [2.24, 2.45) is 0 Å². The van der Waals surface area contributed by atoms with E-state index in [-0.39, 0.29) is 11.3 Å². The number of nitrogens with one attached hydrogen (secondary N) is 1. The second-order valence-electron chi connectivity index (χ2n) is 3.38. The first-order valence-electron chi connectivity index (χ1n) is 4.88. The maximum absolute atomic E-state index is 13.6. The van der Waals surface area contributed by atoms with Crippen LogP contribution in [0.15, 0.2) is 34.9 Å². The number of pyridine rings is 1. The molecule has 0 unspecified atom stereocenters. The van der Waals surface area contributed by atoms with E-state index in [4.69, 9.17) is 16.9 Å². The molecule has 1 heterocycles. The van der Waals surface area contributed by atoms with E-state index in [0.29, 0.717) is 15.3 Å². The highest BCUT2D eigenvalue weighted by atomic mass is 79.9. The lowest BCUT2D eigenvalue weighted by Gasteiger charge is -2.09. The van der Waals surface area contributed by atoms with Crippen LogP contribution in [0, 0.1) is 17.1 Å². The normalized spacial score (nSPS) is 9.89. The number of hydrogen-bond acceptors (Lipinski definition) is 3. The summed E-state index contributed by atoms with van der Waals surface area (Å²) in [4.78, 5) is 4.02. The number of para-hydroxylation sites is 1. The average molecular weight is 327 g/mol. The summed E-state index contributed by atoms with van der Waals surface area (Å²) < 4.78 is 14.4. The highest BCUT2D eigenvalue weighted by molar-refractivity contribution is 9.10. The first kappa shape index (κ1) is 12.8. The minimum Gasteiger partial charge on any atom is -0.336 e. The monoisotopic (exact) mass is 325 g/mol. The van der Waals surface area contributed by atoms with E-state index < -0.39 is 5.82 Å². The molecule has 0 bridgehead atoms. The van der Waals surface area contributed by atoms with E-state index in [2.05, 4.69) is 26.2 Å². The molecule has 0 aliphatic carbocycles. The Morgan fingerprint density at radius 3 is 2.89 bits per heavy atom. The molecule has 1 aromatic carbocycles. The van der Waals surface area contributed by atoms with E-state index in [9.17, 15) is 4.39 Å². The molecule has 2 rings (SSSR count). The first-order chi connectivity index (χ1) is 8.61. The van der Waals surface area contributed by atoms with Crippen LogP contribution in [0.25, 0.3) is 0 Å². The van der Waals surface area contributed by atoms with E-state index in [1.54, 1.807) is 6.07 Å². The molecule has 0 aliphatic rings. The van der Waals surface area contributed by atoms with Gasteiger partial charge in [0, 0.05) is 10.7 Å².